The first kappa shape index (κ1) is 17.7. The third-order valence-corrected chi connectivity index (χ3v) is 1.84. The van der Waals surface area contributed by atoms with Crippen molar-refractivity contribution >= 4 is 17.3 Å². The lowest BCUT2D eigenvalue weighted by molar-refractivity contribution is 0.101. The molecule has 0 heterocycles. The zero-order valence-electron chi connectivity index (χ0n) is 11.6. The van der Waals surface area contributed by atoms with Gasteiger partial charge in [0.25, 0.3) is 0 Å². The first-order valence-corrected chi connectivity index (χ1v) is 5.93. The van der Waals surface area contributed by atoms with Gasteiger partial charge in [-0.05, 0) is 32.0 Å². The molecule has 0 unspecified atom stereocenters. The lowest BCUT2D eigenvalue weighted by Crippen LogP contribution is -2.02. The number of carbonyl (C=O) groups is 2. The van der Waals surface area contributed by atoms with E-state index in [1.54, 1.807) is 12.1 Å². The van der Waals surface area contributed by atoms with Crippen LogP contribution < -0.4 is 5.73 Å². The minimum atomic E-state index is -0.124. The molecular weight excluding hydrogens is 214 g/mol. The predicted molar refractivity (Wildman–Crippen MR) is 73.6 cm³/mol. The van der Waals surface area contributed by atoms with Crippen molar-refractivity contribution in [3.8, 4) is 0 Å². The van der Waals surface area contributed by atoms with Crippen LogP contribution in [0.5, 0.6) is 0 Å². The van der Waals surface area contributed by atoms with Gasteiger partial charge in [-0.2, -0.15) is 0 Å². The zero-order chi connectivity index (χ0) is 14.0. The summed E-state index contributed by atoms with van der Waals surface area (Å²) in [5.74, 6) is -0.192. The second kappa shape index (κ2) is 9.58. The van der Waals surface area contributed by atoms with Gasteiger partial charge in [0.2, 0.25) is 0 Å². The van der Waals surface area contributed by atoms with Crippen LogP contribution in [0.1, 0.15) is 62.3 Å². The van der Waals surface area contributed by atoms with Gasteiger partial charge in [0.15, 0.2) is 11.6 Å². The highest BCUT2D eigenvalue weighted by Gasteiger charge is 2.07. The molecule has 0 fully saturated rings. The Hall–Kier alpha value is -1.64. The Balaban J connectivity index is 0. The van der Waals surface area contributed by atoms with E-state index in [0.717, 1.165) is 0 Å². The van der Waals surface area contributed by atoms with Crippen LogP contribution in [-0.2, 0) is 0 Å². The van der Waals surface area contributed by atoms with Crippen molar-refractivity contribution in [1.29, 1.82) is 0 Å². The molecule has 0 spiro atoms. The molecule has 3 nitrogen and oxygen atoms in total. The Kier molecular flexibility index (Phi) is 10.00. The fourth-order valence-corrected chi connectivity index (χ4v) is 1.08. The summed E-state index contributed by atoms with van der Waals surface area (Å²) in [7, 11) is 0. The van der Waals surface area contributed by atoms with Crippen LogP contribution in [0.15, 0.2) is 18.2 Å². The normalized spacial score (nSPS) is 8.12. The molecular formula is C14H23NO2. The molecule has 0 aromatic heterocycles. The molecule has 0 aliphatic carbocycles. The number of benzene rings is 1. The number of carbonyl (C=O) groups excluding carboxylic acids is 2. The Morgan fingerprint density at radius 3 is 1.76 bits per heavy atom. The summed E-state index contributed by atoms with van der Waals surface area (Å²) in [6.07, 6.45) is 0. The summed E-state index contributed by atoms with van der Waals surface area (Å²) in [6, 6.07) is 4.72. The van der Waals surface area contributed by atoms with E-state index in [9.17, 15) is 9.59 Å². The molecule has 0 atom stereocenters. The van der Waals surface area contributed by atoms with Crippen molar-refractivity contribution in [3.63, 3.8) is 0 Å². The van der Waals surface area contributed by atoms with Crippen LogP contribution in [0.4, 0.5) is 5.69 Å². The van der Waals surface area contributed by atoms with E-state index in [-0.39, 0.29) is 11.6 Å². The topological polar surface area (TPSA) is 60.2 Å². The molecule has 0 saturated carbocycles. The summed E-state index contributed by atoms with van der Waals surface area (Å²) >= 11 is 0. The number of hydrogen-bond donors (Lipinski definition) is 1. The Labute approximate surface area is 104 Å². The van der Waals surface area contributed by atoms with E-state index in [1.807, 2.05) is 27.7 Å². The SMILES string of the molecule is CC.CC.CC(=O)c1ccc(N)c(C(C)=O)c1. The molecule has 1 aromatic rings. The zero-order valence-corrected chi connectivity index (χ0v) is 11.6. The number of rotatable bonds is 2. The summed E-state index contributed by atoms with van der Waals surface area (Å²) in [5, 5.41) is 0. The smallest absolute Gasteiger partial charge is 0.161 e. The van der Waals surface area contributed by atoms with Gasteiger partial charge in [-0.1, -0.05) is 27.7 Å². The quantitative estimate of drug-likeness (QED) is 0.629. The van der Waals surface area contributed by atoms with E-state index in [4.69, 9.17) is 5.73 Å². The Morgan fingerprint density at radius 2 is 1.41 bits per heavy atom. The second-order valence-corrected chi connectivity index (χ2v) is 2.91. The highest BCUT2D eigenvalue weighted by atomic mass is 16.1. The van der Waals surface area contributed by atoms with Gasteiger partial charge < -0.3 is 5.73 Å². The highest BCUT2D eigenvalue weighted by molar-refractivity contribution is 6.03. The minimum Gasteiger partial charge on any atom is -0.398 e. The second-order valence-electron chi connectivity index (χ2n) is 2.91. The standard InChI is InChI=1S/C10H11NO2.2C2H6/c1-6(12)8-3-4-10(11)9(5-8)7(2)13;2*1-2/h3-5H,11H2,1-2H3;2*1-2H3. The van der Waals surface area contributed by atoms with Crippen LogP contribution in [0.3, 0.4) is 0 Å². The largest absolute Gasteiger partial charge is 0.398 e. The van der Waals surface area contributed by atoms with Gasteiger partial charge in [0.1, 0.15) is 0 Å². The Morgan fingerprint density at radius 1 is 0.941 bits per heavy atom. The fraction of sp³-hybridized carbons (Fsp3) is 0.429. The van der Waals surface area contributed by atoms with Gasteiger partial charge >= 0.3 is 0 Å². The number of anilines is 1. The number of nitrogen functional groups attached to an aromatic ring is 1. The predicted octanol–water partition coefficient (Wildman–Crippen LogP) is 3.73. The van der Waals surface area contributed by atoms with Gasteiger partial charge in [0, 0.05) is 16.8 Å². The maximum atomic E-state index is 11.0. The van der Waals surface area contributed by atoms with Crippen LogP contribution in [-0.4, -0.2) is 11.6 Å². The average Bonchev–Trinajstić information content (AvgIpc) is 2.34. The lowest BCUT2D eigenvalue weighted by atomic mass is 10.0. The number of Topliss-reactive ketones (excluding diaryl/α,β-unsaturated/α-hetero) is 2. The van der Waals surface area contributed by atoms with Crippen molar-refractivity contribution in [1.82, 2.24) is 0 Å². The lowest BCUT2D eigenvalue weighted by Gasteiger charge is -2.02. The molecule has 17 heavy (non-hydrogen) atoms. The van der Waals surface area contributed by atoms with E-state index in [0.29, 0.717) is 16.8 Å². The summed E-state index contributed by atoms with van der Waals surface area (Å²) in [6.45, 7) is 10.9. The molecule has 1 rings (SSSR count). The van der Waals surface area contributed by atoms with E-state index in [1.165, 1.54) is 19.9 Å². The maximum Gasteiger partial charge on any atom is 0.161 e. The molecule has 3 heteroatoms. The third-order valence-electron chi connectivity index (χ3n) is 1.84. The van der Waals surface area contributed by atoms with Crippen molar-refractivity contribution in [2.24, 2.45) is 0 Å². The fourth-order valence-electron chi connectivity index (χ4n) is 1.08. The van der Waals surface area contributed by atoms with Crippen LogP contribution in [0.2, 0.25) is 0 Å². The molecule has 0 aliphatic rings. The van der Waals surface area contributed by atoms with Crippen LogP contribution >= 0.6 is 0 Å². The molecule has 2 N–H and O–H groups in total. The average molecular weight is 237 g/mol. The molecule has 0 radical (unpaired) electrons. The summed E-state index contributed by atoms with van der Waals surface area (Å²) < 4.78 is 0. The molecule has 1 aromatic carbocycles. The van der Waals surface area contributed by atoms with Crippen molar-refractivity contribution in [2.45, 2.75) is 41.5 Å². The first-order valence-electron chi connectivity index (χ1n) is 5.93. The third kappa shape index (κ3) is 5.85. The molecule has 0 saturated heterocycles. The maximum absolute atomic E-state index is 11.0. The number of hydrogen-bond acceptors (Lipinski definition) is 3. The monoisotopic (exact) mass is 237 g/mol. The van der Waals surface area contributed by atoms with Gasteiger partial charge in [-0.3, -0.25) is 9.59 Å². The van der Waals surface area contributed by atoms with Crippen molar-refractivity contribution in [2.75, 3.05) is 5.73 Å². The van der Waals surface area contributed by atoms with E-state index in [2.05, 4.69) is 0 Å². The Bertz CT molecular complexity index is 370. The van der Waals surface area contributed by atoms with Crippen LogP contribution in [0.25, 0.3) is 0 Å². The summed E-state index contributed by atoms with van der Waals surface area (Å²) in [4.78, 5) is 22.0. The number of nitrogens with two attached hydrogens (primary N) is 1. The molecule has 0 aliphatic heterocycles. The molecule has 0 amide bonds. The van der Waals surface area contributed by atoms with Crippen molar-refractivity contribution in [3.05, 3.63) is 29.3 Å². The van der Waals surface area contributed by atoms with Gasteiger partial charge in [-0.25, -0.2) is 0 Å². The minimum absolute atomic E-state index is 0.0671. The van der Waals surface area contributed by atoms with Gasteiger partial charge in [0.05, 0.1) is 0 Å². The van der Waals surface area contributed by atoms with Crippen molar-refractivity contribution < 1.29 is 9.59 Å². The molecule has 0 bridgehead atoms. The number of ketones is 2. The van der Waals surface area contributed by atoms with Crippen LogP contribution in [0, 0.1) is 0 Å². The van der Waals surface area contributed by atoms with Gasteiger partial charge in [-0.15, -0.1) is 0 Å². The first-order chi connectivity index (χ1) is 8.02. The van der Waals surface area contributed by atoms with E-state index < -0.39 is 0 Å². The highest BCUT2D eigenvalue weighted by Crippen LogP contribution is 2.14. The van der Waals surface area contributed by atoms with E-state index >= 15 is 0 Å². The molecule has 96 valence electrons. The summed E-state index contributed by atoms with van der Waals surface area (Å²) in [5.41, 5.74) is 6.90.